The molecule has 1 atom stereocenters. The third-order valence-corrected chi connectivity index (χ3v) is 3.42. The number of amides is 1. The topological polar surface area (TPSA) is 59.2 Å². The zero-order chi connectivity index (χ0) is 12.8. The second-order valence-electron chi connectivity index (χ2n) is 4.02. The van der Waals surface area contributed by atoms with Crippen molar-refractivity contribution in [2.45, 2.75) is 25.8 Å². The van der Waals surface area contributed by atoms with Crippen molar-refractivity contribution in [2.75, 3.05) is 13.6 Å². The standard InChI is InChI=1S/C12H19N3OS/c1-4-5-6-7-15(3)12(16)10-8-17-11(14-10)9(2)13/h4,8-9H,1,5-7,13H2,2-3H3. The average Bonchev–Trinajstić information content (AvgIpc) is 2.77. The monoisotopic (exact) mass is 253 g/mol. The zero-order valence-corrected chi connectivity index (χ0v) is 11.2. The Hall–Kier alpha value is -1.20. The average molecular weight is 253 g/mol. The number of nitrogens with zero attached hydrogens (tertiary/aromatic N) is 2. The first-order valence-corrected chi connectivity index (χ1v) is 6.51. The molecule has 2 N–H and O–H groups in total. The number of hydrogen-bond donors (Lipinski definition) is 1. The normalized spacial score (nSPS) is 12.2. The van der Waals surface area contributed by atoms with Crippen LogP contribution in [0.25, 0.3) is 0 Å². The van der Waals surface area contributed by atoms with E-state index in [4.69, 9.17) is 5.73 Å². The second-order valence-corrected chi connectivity index (χ2v) is 4.91. The molecule has 4 nitrogen and oxygen atoms in total. The molecule has 0 aliphatic heterocycles. The molecule has 1 aromatic rings. The number of aromatic nitrogens is 1. The Morgan fingerprint density at radius 1 is 1.76 bits per heavy atom. The predicted octanol–water partition coefficient (Wildman–Crippen LogP) is 2.20. The first kappa shape index (κ1) is 13.9. The van der Waals surface area contributed by atoms with Crippen LogP contribution in [0.5, 0.6) is 0 Å². The smallest absolute Gasteiger partial charge is 0.273 e. The summed E-state index contributed by atoms with van der Waals surface area (Å²) < 4.78 is 0. The van der Waals surface area contributed by atoms with Crippen LogP contribution in [0.1, 0.15) is 41.3 Å². The molecule has 0 aliphatic carbocycles. The fourth-order valence-electron chi connectivity index (χ4n) is 1.36. The number of thiazole rings is 1. The Kier molecular flexibility index (Phi) is 5.31. The first-order chi connectivity index (χ1) is 8.06. The number of nitrogens with two attached hydrogens (primary N) is 1. The number of unbranched alkanes of at least 4 members (excludes halogenated alkanes) is 1. The van der Waals surface area contributed by atoms with Crippen molar-refractivity contribution in [3.8, 4) is 0 Å². The Balaban J connectivity index is 2.58. The highest BCUT2D eigenvalue weighted by molar-refractivity contribution is 7.09. The molecule has 1 unspecified atom stereocenters. The van der Waals surface area contributed by atoms with Gasteiger partial charge in [-0.1, -0.05) is 6.08 Å². The Morgan fingerprint density at radius 2 is 2.47 bits per heavy atom. The minimum atomic E-state index is -0.118. The van der Waals surface area contributed by atoms with Crippen LogP contribution < -0.4 is 5.73 Å². The zero-order valence-electron chi connectivity index (χ0n) is 10.3. The van der Waals surface area contributed by atoms with Gasteiger partial charge < -0.3 is 10.6 Å². The van der Waals surface area contributed by atoms with E-state index in [2.05, 4.69) is 11.6 Å². The van der Waals surface area contributed by atoms with E-state index < -0.39 is 0 Å². The van der Waals surface area contributed by atoms with Gasteiger partial charge in [-0.2, -0.15) is 0 Å². The third kappa shape index (κ3) is 3.94. The summed E-state index contributed by atoms with van der Waals surface area (Å²) in [6, 6.07) is -0.118. The molecule has 94 valence electrons. The van der Waals surface area contributed by atoms with Gasteiger partial charge in [0.2, 0.25) is 0 Å². The van der Waals surface area contributed by atoms with E-state index in [-0.39, 0.29) is 11.9 Å². The van der Waals surface area contributed by atoms with Crippen molar-refractivity contribution in [3.63, 3.8) is 0 Å². The van der Waals surface area contributed by atoms with E-state index in [9.17, 15) is 4.79 Å². The lowest BCUT2D eigenvalue weighted by molar-refractivity contribution is 0.0788. The Bertz CT molecular complexity index is 387. The lowest BCUT2D eigenvalue weighted by atomic mass is 10.3. The molecular formula is C12H19N3OS. The maximum atomic E-state index is 12.0. The molecule has 0 radical (unpaired) electrons. The summed E-state index contributed by atoms with van der Waals surface area (Å²) in [4.78, 5) is 17.9. The quantitative estimate of drug-likeness (QED) is 0.624. The van der Waals surface area contributed by atoms with Crippen LogP contribution in [0, 0.1) is 0 Å². The summed E-state index contributed by atoms with van der Waals surface area (Å²) in [6.07, 6.45) is 3.70. The molecule has 0 aliphatic rings. The van der Waals surface area contributed by atoms with Gasteiger partial charge in [-0.15, -0.1) is 17.9 Å². The molecule has 0 bridgehead atoms. The van der Waals surface area contributed by atoms with E-state index in [0.717, 1.165) is 24.4 Å². The molecular weight excluding hydrogens is 234 g/mol. The fraction of sp³-hybridized carbons (Fsp3) is 0.500. The van der Waals surface area contributed by atoms with Crippen molar-refractivity contribution in [1.29, 1.82) is 0 Å². The Labute approximate surface area is 106 Å². The van der Waals surface area contributed by atoms with Gasteiger partial charge in [0.15, 0.2) is 0 Å². The van der Waals surface area contributed by atoms with E-state index in [1.54, 1.807) is 17.3 Å². The highest BCUT2D eigenvalue weighted by Gasteiger charge is 2.16. The third-order valence-electron chi connectivity index (χ3n) is 2.38. The minimum absolute atomic E-state index is 0.0442. The molecule has 1 rings (SSSR count). The van der Waals surface area contributed by atoms with Gasteiger partial charge in [-0.25, -0.2) is 4.98 Å². The molecule has 0 aromatic carbocycles. The summed E-state index contributed by atoms with van der Waals surface area (Å²) in [6.45, 7) is 6.24. The predicted molar refractivity (Wildman–Crippen MR) is 71.1 cm³/mol. The van der Waals surface area contributed by atoms with Gasteiger partial charge in [0, 0.05) is 19.0 Å². The molecule has 1 aromatic heterocycles. The number of carbonyl (C=O) groups is 1. The Morgan fingerprint density at radius 3 is 3.00 bits per heavy atom. The van der Waals surface area contributed by atoms with Crippen LogP contribution in [0.3, 0.4) is 0 Å². The lowest BCUT2D eigenvalue weighted by Gasteiger charge is -2.15. The van der Waals surface area contributed by atoms with Gasteiger partial charge in [0.25, 0.3) is 5.91 Å². The molecule has 0 spiro atoms. The largest absolute Gasteiger partial charge is 0.340 e. The van der Waals surface area contributed by atoms with Crippen LogP contribution in [0.15, 0.2) is 18.0 Å². The molecule has 1 heterocycles. The van der Waals surface area contributed by atoms with E-state index in [1.807, 2.05) is 13.0 Å². The van der Waals surface area contributed by atoms with E-state index in [1.165, 1.54) is 11.3 Å². The van der Waals surface area contributed by atoms with Gasteiger partial charge in [0.05, 0.1) is 6.04 Å². The maximum Gasteiger partial charge on any atom is 0.273 e. The van der Waals surface area contributed by atoms with E-state index in [0.29, 0.717) is 5.69 Å². The summed E-state index contributed by atoms with van der Waals surface area (Å²) in [7, 11) is 1.79. The second kappa shape index (κ2) is 6.51. The minimum Gasteiger partial charge on any atom is -0.340 e. The van der Waals surface area contributed by atoms with Crippen LogP contribution in [0.2, 0.25) is 0 Å². The summed E-state index contributed by atoms with van der Waals surface area (Å²) in [5, 5.41) is 2.57. The fourth-order valence-corrected chi connectivity index (χ4v) is 2.12. The van der Waals surface area contributed by atoms with E-state index >= 15 is 0 Å². The molecule has 5 heteroatoms. The van der Waals surface area contributed by atoms with Gasteiger partial charge >= 0.3 is 0 Å². The van der Waals surface area contributed by atoms with Crippen LogP contribution in [-0.2, 0) is 0 Å². The number of carbonyl (C=O) groups excluding carboxylic acids is 1. The lowest BCUT2D eigenvalue weighted by Crippen LogP contribution is -2.28. The highest BCUT2D eigenvalue weighted by atomic mass is 32.1. The molecule has 0 saturated heterocycles. The number of allylic oxidation sites excluding steroid dienone is 1. The van der Waals surface area contributed by atoms with Gasteiger partial charge in [-0.3, -0.25) is 4.79 Å². The van der Waals surface area contributed by atoms with Crippen LogP contribution in [-0.4, -0.2) is 29.4 Å². The highest BCUT2D eigenvalue weighted by Crippen LogP contribution is 2.16. The summed E-state index contributed by atoms with van der Waals surface area (Å²) in [5.41, 5.74) is 6.20. The molecule has 0 saturated carbocycles. The molecule has 17 heavy (non-hydrogen) atoms. The molecule has 1 amide bonds. The summed E-state index contributed by atoms with van der Waals surface area (Å²) in [5.74, 6) is -0.0442. The van der Waals surface area contributed by atoms with Crippen molar-refractivity contribution < 1.29 is 4.79 Å². The van der Waals surface area contributed by atoms with Crippen molar-refractivity contribution in [3.05, 3.63) is 28.7 Å². The number of rotatable bonds is 6. The van der Waals surface area contributed by atoms with Crippen molar-refractivity contribution in [2.24, 2.45) is 5.73 Å². The van der Waals surface area contributed by atoms with Crippen LogP contribution >= 0.6 is 11.3 Å². The van der Waals surface area contributed by atoms with Gasteiger partial charge in [-0.05, 0) is 19.8 Å². The van der Waals surface area contributed by atoms with Gasteiger partial charge in [0.1, 0.15) is 10.7 Å². The number of hydrogen-bond acceptors (Lipinski definition) is 4. The first-order valence-electron chi connectivity index (χ1n) is 5.63. The summed E-state index contributed by atoms with van der Waals surface area (Å²) >= 11 is 1.43. The van der Waals surface area contributed by atoms with Crippen LogP contribution in [0.4, 0.5) is 0 Å². The molecule has 0 fully saturated rings. The van der Waals surface area contributed by atoms with Crippen molar-refractivity contribution >= 4 is 17.2 Å². The van der Waals surface area contributed by atoms with Crippen molar-refractivity contribution in [1.82, 2.24) is 9.88 Å². The maximum absolute atomic E-state index is 12.0. The SMILES string of the molecule is C=CCCCN(C)C(=O)c1csc(C(C)N)n1.